The van der Waals surface area contributed by atoms with Crippen LogP contribution in [0.15, 0.2) is 5.16 Å². The van der Waals surface area contributed by atoms with Crippen molar-refractivity contribution in [3.05, 3.63) is 0 Å². The van der Waals surface area contributed by atoms with Crippen molar-refractivity contribution in [2.24, 2.45) is 22.5 Å². The van der Waals surface area contributed by atoms with E-state index in [1.807, 2.05) is 6.92 Å². The minimum Gasteiger partial charge on any atom is -1.00 e. The van der Waals surface area contributed by atoms with Crippen LogP contribution in [0.1, 0.15) is 8.35 Å². The Morgan fingerprint density at radius 1 is 1.55 bits per heavy atom. The van der Waals surface area contributed by atoms with Gasteiger partial charge in [-0.3, -0.25) is 0 Å². The Bertz CT molecular complexity index is 119. The van der Waals surface area contributed by atoms with E-state index < -0.39 is 0 Å². The van der Waals surface area contributed by atoms with E-state index in [-0.39, 0.29) is 36.9 Å². The van der Waals surface area contributed by atoms with Gasteiger partial charge in [-0.1, -0.05) is 5.16 Å². The van der Waals surface area contributed by atoms with Crippen LogP contribution >= 0.6 is 0 Å². The van der Waals surface area contributed by atoms with E-state index in [0.717, 1.165) is 5.71 Å². The van der Waals surface area contributed by atoms with Gasteiger partial charge >= 0.3 is 29.6 Å². The molecular weight excluding hydrogens is 153 g/mol. The molecule has 0 unspecified atom stereocenters. The van der Waals surface area contributed by atoms with Crippen molar-refractivity contribution in [2.45, 2.75) is 6.92 Å². The minimum atomic E-state index is 0. The van der Waals surface area contributed by atoms with E-state index in [4.69, 9.17) is 11.5 Å². The number of hydrogen-bond donors (Lipinski definition) is 2. The van der Waals surface area contributed by atoms with Crippen LogP contribution in [0.4, 0.5) is 0 Å². The van der Waals surface area contributed by atoms with Gasteiger partial charge in [0.1, 0.15) is 7.11 Å². The summed E-state index contributed by atoms with van der Waals surface area (Å²) in [5.74, 6) is 0.153. The van der Waals surface area contributed by atoms with E-state index in [2.05, 4.69) is 9.99 Å². The van der Waals surface area contributed by atoms with E-state index in [1.54, 1.807) is 0 Å². The Kier molecular flexibility index (Phi) is 10.8. The smallest absolute Gasteiger partial charge is 1.00 e. The minimum absolute atomic E-state index is 0. The third-order valence-corrected chi connectivity index (χ3v) is 1.40. The molecule has 11 heavy (non-hydrogen) atoms. The fraction of sp³-hybridized carbons (Fsp3) is 0.833. The molecule has 0 aliphatic rings. The Hall–Kier alpha value is 0.390. The summed E-state index contributed by atoms with van der Waals surface area (Å²) in [6.07, 6.45) is 0. The van der Waals surface area contributed by atoms with Gasteiger partial charge in [-0.25, -0.2) is 0 Å². The van der Waals surface area contributed by atoms with Gasteiger partial charge in [0, 0.05) is 19.0 Å². The second-order valence-corrected chi connectivity index (χ2v) is 2.08. The first-order valence-corrected chi connectivity index (χ1v) is 3.24. The molecule has 0 rings (SSSR count). The predicted octanol–water partition coefficient (Wildman–Crippen LogP) is -3.34. The second-order valence-electron chi connectivity index (χ2n) is 2.08. The number of rotatable bonds is 4. The molecule has 0 aliphatic heterocycles. The zero-order valence-corrected chi connectivity index (χ0v) is 9.50. The predicted molar refractivity (Wildman–Crippen MR) is 42.8 cm³/mol. The molecule has 0 amide bonds. The SMILES string of the molecule is CO/N=C(\C)C(CN)CN.[H-].[Na+]. The van der Waals surface area contributed by atoms with E-state index in [1.165, 1.54) is 7.11 Å². The fourth-order valence-electron chi connectivity index (χ4n) is 0.656. The Balaban J connectivity index is -0.000000405. The van der Waals surface area contributed by atoms with Crippen molar-refractivity contribution in [1.82, 2.24) is 0 Å². The van der Waals surface area contributed by atoms with Gasteiger partial charge in [0.2, 0.25) is 0 Å². The molecule has 0 aromatic heterocycles. The maximum atomic E-state index is 5.40. The van der Waals surface area contributed by atoms with Gasteiger partial charge in [0.15, 0.2) is 0 Å². The summed E-state index contributed by atoms with van der Waals surface area (Å²) in [4.78, 5) is 4.57. The standard InChI is InChI=1S/C6H15N3O.Na.H/c1-5(9-10-2)6(3-7)4-8;;/h6H,3-4,7-8H2,1-2H3;;/q;+1;-1/b9-5+;;. The Labute approximate surface area is 91.1 Å². The third-order valence-electron chi connectivity index (χ3n) is 1.40. The van der Waals surface area contributed by atoms with E-state index in [0.29, 0.717) is 13.1 Å². The van der Waals surface area contributed by atoms with Gasteiger partial charge in [-0.2, -0.15) is 0 Å². The van der Waals surface area contributed by atoms with Crippen LogP contribution in [0.3, 0.4) is 0 Å². The van der Waals surface area contributed by atoms with Crippen LogP contribution in [-0.2, 0) is 4.84 Å². The van der Waals surface area contributed by atoms with Crippen LogP contribution in [0.2, 0.25) is 0 Å². The molecule has 5 heteroatoms. The Morgan fingerprint density at radius 2 is 2.00 bits per heavy atom. The molecule has 0 fully saturated rings. The summed E-state index contributed by atoms with van der Waals surface area (Å²) in [6, 6.07) is 0. The maximum Gasteiger partial charge on any atom is 1.00 e. The molecule has 4 N–H and O–H groups in total. The molecule has 0 aromatic carbocycles. The van der Waals surface area contributed by atoms with Crippen LogP contribution in [-0.4, -0.2) is 25.9 Å². The number of nitrogens with two attached hydrogens (primary N) is 2. The summed E-state index contributed by atoms with van der Waals surface area (Å²) in [7, 11) is 1.51. The van der Waals surface area contributed by atoms with Gasteiger partial charge in [-0.05, 0) is 6.92 Å². The average Bonchev–Trinajstić information content (AvgIpc) is 1.91. The fourth-order valence-corrected chi connectivity index (χ4v) is 0.656. The number of oxime groups is 1. The topological polar surface area (TPSA) is 73.6 Å². The summed E-state index contributed by atoms with van der Waals surface area (Å²) >= 11 is 0. The van der Waals surface area contributed by atoms with Crippen molar-refractivity contribution in [2.75, 3.05) is 20.2 Å². The van der Waals surface area contributed by atoms with Gasteiger partial charge in [-0.15, -0.1) is 0 Å². The molecule has 0 aromatic rings. The van der Waals surface area contributed by atoms with Crippen LogP contribution in [0, 0.1) is 5.92 Å². The average molecular weight is 169 g/mol. The van der Waals surface area contributed by atoms with E-state index in [9.17, 15) is 0 Å². The number of nitrogens with zero attached hydrogens (tertiary/aromatic N) is 1. The zero-order valence-electron chi connectivity index (χ0n) is 8.50. The monoisotopic (exact) mass is 169 g/mol. The molecule has 4 nitrogen and oxygen atoms in total. The molecule has 0 aliphatic carbocycles. The normalized spacial score (nSPS) is 11.2. The molecule has 0 saturated heterocycles. The van der Waals surface area contributed by atoms with Crippen molar-refractivity contribution < 1.29 is 35.8 Å². The molecule has 0 heterocycles. The van der Waals surface area contributed by atoms with Crippen molar-refractivity contribution >= 4 is 5.71 Å². The molecule has 0 spiro atoms. The molecule has 0 atom stereocenters. The second kappa shape index (κ2) is 8.49. The maximum absolute atomic E-state index is 5.40. The molecule has 0 saturated carbocycles. The van der Waals surface area contributed by atoms with Crippen LogP contribution < -0.4 is 41.0 Å². The van der Waals surface area contributed by atoms with Gasteiger partial charge < -0.3 is 17.7 Å². The quantitative estimate of drug-likeness (QED) is 0.262. The Morgan fingerprint density at radius 3 is 2.27 bits per heavy atom. The van der Waals surface area contributed by atoms with Crippen LogP contribution in [0.25, 0.3) is 0 Å². The molecular formula is C6H16N3NaO. The molecule has 0 bridgehead atoms. The first-order chi connectivity index (χ1) is 4.76. The molecule has 62 valence electrons. The van der Waals surface area contributed by atoms with Crippen molar-refractivity contribution in [3.63, 3.8) is 0 Å². The largest absolute Gasteiger partial charge is 1.00 e. The van der Waals surface area contributed by atoms with Crippen molar-refractivity contribution in [1.29, 1.82) is 0 Å². The van der Waals surface area contributed by atoms with Gasteiger partial charge in [0.25, 0.3) is 0 Å². The van der Waals surface area contributed by atoms with Gasteiger partial charge in [0.05, 0.1) is 5.71 Å². The third kappa shape index (κ3) is 5.64. The van der Waals surface area contributed by atoms with Crippen molar-refractivity contribution in [3.8, 4) is 0 Å². The van der Waals surface area contributed by atoms with E-state index >= 15 is 0 Å². The first-order valence-electron chi connectivity index (χ1n) is 3.24. The first kappa shape index (κ1) is 13.9. The summed E-state index contributed by atoms with van der Waals surface area (Å²) in [5, 5.41) is 3.72. The summed E-state index contributed by atoms with van der Waals surface area (Å²) < 4.78 is 0. The zero-order chi connectivity index (χ0) is 7.98. The number of hydrogen-bond acceptors (Lipinski definition) is 4. The summed E-state index contributed by atoms with van der Waals surface area (Å²) in [6.45, 7) is 2.90. The molecule has 0 radical (unpaired) electrons. The summed E-state index contributed by atoms with van der Waals surface area (Å²) in [5.41, 5.74) is 11.7. The van der Waals surface area contributed by atoms with Crippen LogP contribution in [0.5, 0.6) is 0 Å².